The number of carbonyl (C=O) groups excluding carboxylic acids is 2. The fourth-order valence-electron chi connectivity index (χ4n) is 2.36. The van der Waals surface area contributed by atoms with Crippen LogP contribution in [0.2, 0.25) is 10.0 Å². The van der Waals surface area contributed by atoms with Crippen LogP contribution in [0.25, 0.3) is 0 Å². The normalized spacial score (nSPS) is 10.2. The summed E-state index contributed by atoms with van der Waals surface area (Å²) in [4.78, 5) is 25.3. The van der Waals surface area contributed by atoms with E-state index in [1.54, 1.807) is 45.2 Å². The predicted molar refractivity (Wildman–Crippen MR) is 111 cm³/mol. The van der Waals surface area contributed by atoms with Crippen LogP contribution in [0.5, 0.6) is 17.2 Å². The fraction of sp³-hybridized carbons (Fsp3) is 0.300. The van der Waals surface area contributed by atoms with Gasteiger partial charge in [-0.2, -0.15) is 0 Å². The maximum atomic E-state index is 12.3. The number of amides is 1. The number of nitrogens with zero attached hydrogens (tertiary/aromatic N) is 1. The lowest BCUT2D eigenvalue weighted by atomic mass is 10.2. The molecule has 0 atom stereocenters. The number of rotatable bonds is 8. The third-order valence-corrected chi connectivity index (χ3v) is 4.22. The molecule has 0 saturated carbocycles. The summed E-state index contributed by atoms with van der Waals surface area (Å²) in [6, 6.07) is 9.78. The Kier molecular flexibility index (Phi) is 8.42. The summed E-state index contributed by atoms with van der Waals surface area (Å²) in [5, 5.41) is 0.308. The summed E-state index contributed by atoms with van der Waals surface area (Å²) in [6.07, 6.45) is -0.725. The van der Waals surface area contributed by atoms with Crippen LogP contribution in [0.15, 0.2) is 36.4 Å². The first-order valence-electron chi connectivity index (χ1n) is 8.80. The van der Waals surface area contributed by atoms with E-state index in [0.717, 1.165) is 4.90 Å². The zero-order chi connectivity index (χ0) is 21.4. The molecule has 0 unspecified atom stereocenters. The molecule has 0 radical (unpaired) electrons. The molecular formula is C20H21Cl2NO6. The molecule has 2 aromatic rings. The van der Waals surface area contributed by atoms with Crippen molar-refractivity contribution in [2.45, 2.75) is 13.8 Å². The standard InChI is InChI=1S/C20H21Cl2NO6/c1-4-27-18(24)12-23(20(25)28-5-2)13-10-16(21)19(17(22)11-13)29-15-8-6-14(26-3)7-9-15/h6-11H,4-5,12H2,1-3H3. The quantitative estimate of drug-likeness (QED) is 0.516. The topological polar surface area (TPSA) is 74.3 Å². The van der Waals surface area contributed by atoms with Crippen LogP contribution in [0.3, 0.4) is 0 Å². The predicted octanol–water partition coefficient (Wildman–Crippen LogP) is 5.32. The van der Waals surface area contributed by atoms with E-state index in [1.807, 2.05) is 0 Å². The molecule has 0 aliphatic rings. The van der Waals surface area contributed by atoms with E-state index in [9.17, 15) is 9.59 Å². The van der Waals surface area contributed by atoms with Gasteiger partial charge in [-0.15, -0.1) is 0 Å². The van der Waals surface area contributed by atoms with Gasteiger partial charge in [-0.1, -0.05) is 23.2 Å². The van der Waals surface area contributed by atoms with Gasteiger partial charge in [-0.3, -0.25) is 9.69 Å². The van der Waals surface area contributed by atoms with Crippen LogP contribution in [0, 0.1) is 0 Å². The minimum absolute atomic E-state index is 0.137. The molecule has 0 bridgehead atoms. The third-order valence-electron chi connectivity index (χ3n) is 3.65. The summed E-state index contributed by atoms with van der Waals surface area (Å²) < 4.78 is 20.8. The Morgan fingerprint density at radius 2 is 1.48 bits per heavy atom. The van der Waals surface area contributed by atoms with E-state index in [4.69, 9.17) is 42.1 Å². The molecule has 0 heterocycles. The number of esters is 1. The molecule has 0 aliphatic heterocycles. The number of methoxy groups -OCH3 is 1. The molecule has 7 nitrogen and oxygen atoms in total. The van der Waals surface area contributed by atoms with Crippen molar-refractivity contribution in [3.8, 4) is 17.2 Å². The van der Waals surface area contributed by atoms with E-state index in [1.165, 1.54) is 12.1 Å². The van der Waals surface area contributed by atoms with Crippen LogP contribution in [-0.2, 0) is 14.3 Å². The monoisotopic (exact) mass is 441 g/mol. The number of hydrogen-bond acceptors (Lipinski definition) is 6. The highest BCUT2D eigenvalue weighted by atomic mass is 35.5. The van der Waals surface area contributed by atoms with Gasteiger partial charge in [0.25, 0.3) is 0 Å². The van der Waals surface area contributed by atoms with Crippen molar-refractivity contribution in [1.29, 1.82) is 0 Å². The smallest absolute Gasteiger partial charge is 0.414 e. The second-order valence-electron chi connectivity index (χ2n) is 5.61. The summed E-state index contributed by atoms with van der Waals surface area (Å²) >= 11 is 12.7. The van der Waals surface area contributed by atoms with Gasteiger partial charge in [0, 0.05) is 0 Å². The van der Waals surface area contributed by atoms with Gasteiger partial charge in [-0.25, -0.2) is 4.79 Å². The number of carbonyl (C=O) groups is 2. The molecule has 0 spiro atoms. The van der Waals surface area contributed by atoms with E-state index >= 15 is 0 Å². The fourth-order valence-corrected chi connectivity index (χ4v) is 2.91. The van der Waals surface area contributed by atoms with Crippen molar-refractivity contribution < 1.29 is 28.5 Å². The molecule has 0 aliphatic carbocycles. The average molecular weight is 442 g/mol. The number of anilines is 1. The minimum atomic E-state index is -0.725. The van der Waals surface area contributed by atoms with E-state index < -0.39 is 12.1 Å². The maximum absolute atomic E-state index is 12.3. The second kappa shape index (κ2) is 10.8. The van der Waals surface area contributed by atoms with Gasteiger partial charge in [0.1, 0.15) is 18.0 Å². The number of halogens is 2. The molecule has 0 fully saturated rings. The lowest BCUT2D eigenvalue weighted by Crippen LogP contribution is -2.37. The van der Waals surface area contributed by atoms with E-state index in [0.29, 0.717) is 11.5 Å². The molecular weight excluding hydrogens is 421 g/mol. The number of ether oxygens (including phenoxy) is 4. The van der Waals surface area contributed by atoms with Crippen molar-refractivity contribution in [2.24, 2.45) is 0 Å². The van der Waals surface area contributed by atoms with Crippen LogP contribution in [0.1, 0.15) is 13.8 Å². The molecule has 2 aromatic carbocycles. The largest absolute Gasteiger partial charge is 0.497 e. The minimum Gasteiger partial charge on any atom is -0.497 e. The molecule has 0 aromatic heterocycles. The van der Waals surface area contributed by atoms with Crippen molar-refractivity contribution in [3.63, 3.8) is 0 Å². The molecule has 2 rings (SSSR count). The second-order valence-corrected chi connectivity index (χ2v) is 6.42. The summed E-state index contributed by atoms with van der Waals surface area (Å²) in [7, 11) is 1.56. The molecule has 156 valence electrons. The third kappa shape index (κ3) is 6.17. The first kappa shape index (κ1) is 22.6. The maximum Gasteiger partial charge on any atom is 0.414 e. The molecule has 1 amide bonds. The number of benzene rings is 2. The summed E-state index contributed by atoms with van der Waals surface area (Å²) in [5.41, 5.74) is 0.272. The van der Waals surface area contributed by atoms with Gasteiger partial charge in [-0.05, 0) is 50.2 Å². The van der Waals surface area contributed by atoms with Crippen molar-refractivity contribution in [1.82, 2.24) is 0 Å². The van der Waals surface area contributed by atoms with Gasteiger partial charge in [0.15, 0.2) is 5.75 Å². The zero-order valence-electron chi connectivity index (χ0n) is 16.2. The van der Waals surface area contributed by atoms with Crippen LogP contribution >= 0.6 is 23.2 Å². The van der Waals surface area contributed by atoms with Gasteiger partial charge < -0.3 is 18.9 Å². The Labute approximate surface area is 179 Å². The Morgan fingerprint density at radius 3 is 2.00 bits per heavy atom. The van der Waals surface area contributed by atoms with Crippen molar-refractivity contribution >= 4 is 41.0 Å². The zero-order valence-corrected chi connectivity index (χ0v) is 17.7. The van der Waals surface area contributed by atoms with Crippen LogP contribution < -0.4 is 14.4 Å². The van der Waals surface area contributed by atoms with E-state index in [-0.39, 0.29) is 41.2 Å². The van der Waals surface area contributed by atoms with Gasteiger partial charge in [0.05, 0.1) is 36.1 Å². The van der Waals surface area contributed by atoms with Crippen LogP contribution in [0.4, 0.5) is 10.5 Å². The van der Waals surface area contributed by atoms with Gasteiger partial charge >= 0.3 is 12.1 Å². The SMILES string of the molecule is CCOC(=O)CN(C(=O)OCC)c1cc(Cl)c(Oc2ccc(OC)cc2)c(Cl)c1. The first-order valence-corrected chi connectivity index (χ1v) is 9.56. The van der Waals surface area contributed by atoms with Crippen molar-refractivity contribution in [2.75, 3.05) is 31.8 Å². The summed E-state index contributed by atoms with van der Waals surface area (Å²) in [6.45, 7) is 3.31. The Morgan fingerprint density at radius 1 is 0.931 bits per heavy atom. The molecule has 29 heavy (non-hydrogen) atoms. The molecule has 0 saturated heterocycles. The highest BCUT2D eigenvalue weighted by molar-refractivity contribution is 6.37. The molecule has 0 N–H and O–H groups in total. The summed E-state index contributed by atoms with van der Waals surface area (Å²) in [5.74, 6) is 0.790. The van der Waals surface area contributed by atoms with Gasteiger partial charge in [0.2, 0.25) is 0 Å². The highest BCUT2D eigenvalue weighted by Crippen LogP contribution is 2.40. The lowest BCUT2D eigenvalue weighted by Gasteiger charge is -2.22. The lowest BCUT2D eigenvalue weighted by molar-refractivity contribution is -0.141. The average Bonchev–Trinajstić information content (AvgIpc) is 2.69. The van der Waals surface area contributed by atoms with Crippen molar-refractivity contribution in [3.05, 3.63) is 46.4 Å². The molecule has 9 heteroatoms. The Bertz CT molecular complexity index is 834. The first-order chi connectivity index (χ1) is 13.9. The Hall–Kier alpha value is -2.64. The highest BCUT2D eigenvalue weighted by Gasteiger charge is 2.23. The van der Waals surface area contributed by atoms with Crippen LogP contribution in [-0.4, -0.2) is 38.9 Å². The Balaban J connectivity index is 2.31. The van der Waals surface area contributed by atoms with E-state index in [2.05, 4.69) is 0 Å². The number of hydrogen-bond donors (Lipinski definition) is 0.